The Balaban J connectivity index is 2.18. The van der Waals surface area contributed by atoms with Crippen molar-refractivity contribution < 1.29 is 14.4 Å². The van der Waals surface area contributed by atoms with Gasteiger partial charge in [0.15, 0.2) is 0 Å². The highest BCUT2D eigenvalue weighted by molar-refractivity contribution is 9.10. The molecule has 0 spiro atoms. The van der Waals surface area contributed by atoms with Crippen molar-refractivity contribution in [2.24, 2.45) is 0 Å². The lowest BCUT2D eigenvalue weighted by atomic mass is 10.1. The number of rotatable bonds is 5. The van der Waals surface area contributed by atoms with Crippen molar-refractivity contribution in [3.05, 3.63) is 28.2 Å². The predicted molar refractivity (Wildman–Crippen MR) is 83.3 cm³/mol. The smallest absolute Gasteiger partial charge is 0.299 e. The standard InChI is InChI=1S/C15H17BrN2O3/c1-3-10(4-2)17-13(19)8-18-12-7-9(16)5-6-11(12)14(20)15(18)21/h5-7,10H,3-4,8H2,1-2H3,(H,17,19). The molecule has 1 aromatic carbocycles. The Hall–Kier alpha value is -1.69. The first-order chi connectivity index (χ1) is 9.97. The van der Waals surface area contributed by atoms with E-state index in [0.29, 0.717) is 11.3 Å². The summed E-state index contributed by atoms with van der Waals surface area (Å²) in [5, 5.41) is 2.87. The van der Waals surface area contributed by atoms with Crippen LogP contribution in [-0.4, -0.2) is 30.2 Å². The summed E-state index contributed by atoms with van der Waals surface area (Å²) in [5.41, 5.74) is 0.831. The molecule has 1 heterocycles. The molecule has 6 heteroatoms. The highest BCUT2D eigenvalue weighted by Gasteiger charge is 2.36. The van der Waals surface area contributed by atoms with Crippen LogP contribution in [0.4, 0.5) is 5.69 Å². The number of halogens is 1. The maximum absolute atomic E-state index is 12.0. The van der Waals surface area contributed by atoms with Crippen LogP contribution in [0.1, 0.15) is 37.0 Å². The van der Waals surface area contributed by atoms with Crippen LogP contribution in [0.3, 0.4) is 0 Å². The molecule has 1 N–H and O–H groups in total. The molecular weight excluding hydrogens is 336 g/mol. The third kappa shape index (κ3) is 3.15. The third-order valence-electron chi connectivity index (χ3n) is 3.59. The summed E-state index contributed by atoms with van der Waals surface area (Å²) in [6.07, 6.45) is 1.66. The largest absolute Gasteiger partial charge is 0.352 e. The fourth-order valence-corrected chi connectivity index (χ4v) is 2.68. The molecule has 2 rings (SSSR count). The summed E-state index contributed by atoms with van der Waals surface area (Å²) >= 11 is 3.31. The van der Waals surface area contributed by atoms with Crippen LogP contribution in [0.25, 0.3) is 0 Å². The number of fused-ring (bicyclic) bond motifs is 1. The van der Waals surface area contributed by atoms with Gasteiger partial charge in [0.1, 0.15) is 6.54 Å². The number of hydrogen-bond donors (Lipinski definition) is 1. The SMILES string of the molecule is CCC(CC)NC(=O)CN1C(=O)C(=O)c2ccc(Br)cc21. The minimum atomic E-state index is -0.650. The summed E-state index contributed by atoms with van der Waals surface area (Å²) < 4.78 is 0.758. The monoisotopic (exact) mass is 352 g/mol. The number of ketones is 1. The van der Waals surface area contributed by atoms with Gasteiger partial charge in [-0.15, -0.1) is 0 Å². The quantitative estimate of drug-likeness (QED) is 0.826. The van der Waals surface area contributed by atoms with Crippen LogP contribution in [-0.2, 0) is 9.59 Å². The van der Waals surface area contributed by atoms with E-state index in [2.05, 4.69) is 21.2 Å². The molecule has 1 aromatic rings. The van der Waals surface area contributed by atoms with Crippen LogP contribution in [0.5, 0.6) is 0 Å². The van der Waals surface area contributed by atoms with Crippen molar-refractivity contribution in [1.29, 1.82) is 0 Å². The Bertz CT molecular complexity index is 597. The maximum atomic E-state index is 12.0. The Labute approximate surface area is 131 Å². The van der Waals surface area contributed by atoms with Crippen LogP contribution in [0.15, 0.2) is 22.7 Å². The topological polar surface area (TPSA) is 66.5 Å². The van der Waals surface area contributed by atoms with Crippen molar-refractivity contribution in [2.75, 3.05) is 11.4 Å². The van der Waals surface area contributed by atoms with Gasteiger partial charge in [-0.25, -0.2) is 0 Å². The Morgan fingerprint density at radius 1 is 1.29 bits per heavy atom. The van der Waals surface area contributed by atoms with Gasteiger partial charge in [-0.05, 0) is 31.0 Å². The normalized spacial score (nSPS) is 13.8. The zero-order valence-corrected chi connectivity index (χ0v) is 13.6. The van der Waals surface area contributed by atoms with Gasteiger partial charge in [0, 0.05) is 10.5 Å². The van der Waals surface area contributed by atoms with E-state index in [1.54, 1.807) is 18.2 Å². The zero-order valence-electron chi connectivity index (χ0n) is 12.0. The van der Waals surface area contributed by atoms with Crippen molar-refractivity contribution in [3.8, 4) is 0 Å². The average molecular weight is 353 g/mol. The second kappa shape index (κ2) is 6.39. The third-order valence-corrected chi connectivity index (χ3v) is 4.08. The average Bonchev–Trinajstić information content (AvgIpc) is 2.69. The number of carbonyl (C=O) groups excluding carboxylic acids is 3. The lowest BCUT2D eigenvalue weighted by Crippen LogP contribution is -2.43. The fraction of sp³-hybridized carbons (Fsp3) is 0.400. The number of benzene rings is 1. The molecule has 0 bridgehead atoms. The highest BCUT2D eigenvalue weighted by atomic mass is 79.9. The Morgan fingerprint density at radius 2 is 1.95 bits per heavy atom. The van der Waals surface area contributed by atoms with E-state index in [0.717, 1.165) is 17.3 Å². The van der Waals surface area contributed by atoms with Gasteiger partial charge in [0.25, 0.3) is 11.7 Å². The van der Waals surface area contributed by atoms with Crippen LogP contribution >= 0.6 is 15.9 Å². The van der Waals surface area contributed by atoms with Gasteiger partial charge in [-0.2, -0.15) is 0 Å². The molecule has 0 radical (unpaired) electrons. The van der Waals surface area contributed by atoms with Crippen molar-refractivity contribution in [2.45, 2.75) is 32.7 Å². The Morgan fingerprint density at radius 3 is 2.57 bits per heavy atom. The molecule has 0 unspecified atom stereocenters. The minimum absolute atomic E-state index is 0.0906. The molecule has 0 aromatic heterocycles. The first kappa shape index (κ1) is 15.7. The van der Waals surface area contributed by atoms with Crippen LogP contribution in [0, 0.1) is 0 Å². The molecule has 0 fully saturated rings. The molecule has 0 aliphatic carbocycles. The predicted octanol–water partition coefficient (Wildman–Crippen LogP) is 2.28. The molecule has 0 saturated carbocycles. The second-order valence-electron chi connectivity index (χ2n) is 4.96. The van der Waals surface area contributed by atoms with Crippen molar-refractivity contribution >= 4 is 39.2 Å². The van der Waals surface area contributed by atoms with E-state index >= 15 is 0 Å². The van der Waals surface area contributed by atoms with Crippen molar-refractivity contribution in [1.82, 2.24) is 5.32 Å². The summed E-state index contributed by atoms with van der Waals surface area (Å²) in [5.74, 6) is -1.46. The van der Waals surface area contributed by atoms with Gasteiger partial charge in [-0.3, -0.25) is 19.3 Å². The maximum Gasteiger partial charge on any atom is 0.299 e. The lowest BCUT2D eigenvalue weighted by molar-refractivity contribution is -0.122. The molecule has 0 saturated heterocycles. The van der Waals surface area contributed by atoms with E-state index in [-0.39, 0.29) is 18.5 Å². The number of anilines is 1. The second-order valence-corrected chi connectivity index (χ2v) is 5.88. The summed E-state index contributed by atoms with van der Waals surface area (Å²) in [4.78, 5) is 37.2. The van der Waals surface area contributed by atoms with E-state index in [9.17, 15) is 14.4 Å². The minimum Gasteiger partial charge on any atom is -0.352 e. The van der Waals surface area contributed by atoms with Gasteiger partial charge in [0.2, 0.25) is 5.91 Å². The molecule has 5 nitrogen and oxygen atoms in total. The highest BCUT2D eigenvalue weighted by Crippen LogP contribution is 2.31. The van der Waals surface area contributed by atoms with Crippen molar-refractivity contribution in [3.63, 3.8) is 0 Å². The number of amides is 2. The summed E-state index contributed by atoms with van der Waals surface area (Å²) in [6.45, 7) is 3.85. The van der Waals surface area contributed by atoms with Gasteiger partial charge in [0.05, 0.1) is 11.3 Å². The first-order valence-electron chi connectivity index (χ1n) is 6.93. The lowest BCUT2D eigenvalue weighted by Gasteiger charge is -2.19. The van der Waals surface area contributed by atoms with Crippen LogP contribution in [0.2, 0.25) is 0 Å². The molecule has 1 aliphatic rings. The number of carbonyl (C=O) groups is 3. The van der Waals surface area contributed by atoms with Crippen LogP contribution < -0.4 is 10.2 Å². The molecular formula is C15H17BrN2O3. The number of hydrogen-bond acceptors (Lipinski definition) is 3. The molecule has 112 valence electrons. The van der Waals surface area contributed by atoms with Gasteiger partial charge < -0.3 is 5.32 Å². The molecule has 21 heavy (non-hydrogen) atoms. The van der Waals surface area contributed by atoms with E-state index in [4.69, 9.17) is 0 Å². The number of nitrogens with zero attached hydrogens (tertiary/aromatic N) is 1. The Kier molecular flexibility index (Phi) is 4.77. The zero-order chi connectivity index (χ0) is 15.6. The molecule has 0 atom stereocenters. The van der Waals surface area contributed by atoms with Gasteiger partial charge >= 0.3 is 0 Å². The molecule has 2 amide bonds. The molecule has 1 aliphatic heterocycles. The summed E-state index contributed by atoms with van der Waals surface area (Å²) in [6, 6.07) is 5.08. The fourth-order valence-electron chi connectivity index (χ4n) is 2.33. The number of Topliss-reactive ketones (excluding diaryl/α,β-unsaturated/α-hetero) is 1. The summed E-state index contributed by atoms with van der Waals surface area (Å²) in [7, 11) is 0. The first-order valence-corrected chi connectivity index (χ1v) is 7.72. The van der Waals surface area contributed by atoms with E-state index in [1.165, 1.54) is 4.90 Å². The number of nitrogens with one attached hydrogen (secondary N) is 1. The van der Waals surface area contributed by atoms with E-state index in [1.807, 2.05) is 13.8 Å². The van der Waals surface area contributed by atoms with E-state index < -0.39 is 11.7 Å². The van der Waals surface area contributed by atoms with Gasteiger partial charge in [-0.1, -0.05) is 29.8 Å².